The van der Waals surface area contributed by atoms with Crippen LogP contribution >= 0.6 is 0 Å². The summed E-state index contributed by atoms with van der Waals surface area (Å²) in [7, 11) is 0. The van der Waals surface area contributed by atoms with E-state index >= 15 is 0 Å². The average Bonchev–Trinajstić information content (AvgIpc) is 2.52. The van der Waals surface area contributed by atoms with Gasteiger partial charge in [-0.15, -0.1) is 0 Å². The zero-order valence-corrected chi connectivity index (χ0v) is 14.2. The van der Waals surface area contributed by atoms with Crippen LogP contribution in [-0.4, -0.2) is 18.4 Å². The predicted octanol–water partition coefficient (Wildman–Crippen LogP) is 4.39. The minimum Gasteiger partial charge on any atom is -0.465 e. The van der Waals surface area contributed by atoms with E-state index in [1.807, 2.05) is 20.8 Å². The van der Waals surface area contributed by atoms with Gasteiger partial charge in [0.2, 0.25) is 0 Å². The predicted molar refractivity (Wildman–Crippen MR) is 84.9 cm³/mol. The third-order valence-corrected chi connectivity index (χ3v) is 5.09. The zero-order chi connectivity index (χ0) is 15.8. The molecule has 122 valence electrons. The van der Waals surface area contributed by atoms with Gasteiger partial charge < -0.3 is 4.74 Å². The molecule has 0 aliphatic heterocycles. The highest BCUT2D eigenvalue weighted by Gasteiger charge is 2.25. The second-order valence-electron chi connectivity index (χ2n) is 6.81. The topological polar surface area (TPSA) is 43.4 Å². The van der Waals surface area contributed by atoms with E-state index in [1.54, 1.807) is 0 Å². The largest absolute Gasteiger partial charge is 0.465 e. The molecule has 0 saturated heterocycles. The molecule has 0 bridgehead atoms. The minimum atomic E-state index is -0.0634. The van der Waals surface area contributed by atoms with Crippen molar-refractivity contribution in [2.24, 2.45) is 23.7 Å². The Bertz CT molecular complexity index is 329. The standard InChI is InChI=1S/C18H32O3/c1-5-13(3)17(19)11-15-7-9-16(10-8-15)12-21-18(20)14(4)6-2/h13-16H,5-12H2,1-4H3. The van der Waals surface area contributed by atoms with Crippen molar-refractivity contribution in [3.63, 3.8) is 0 Å². The molecule has 0 N–H and O–H groups in total. The molecule has 0 spiro atoms. The molecule has 0 aromatic carbocycles. The number of hydrogen-bond acceptors (Lipinski definition) is 3. The fourth-order valence-electron chi connectivity index (χ4n) is 2.82. The quantitative estimate of drug-likeness (QED) is 0.624. The van der Waals surface area contributed by atoms with E-state index in [0.717, 1.165) is 44.9 Å². The van der Waals surface area contributed by atoms with E-state index in [0.29, 0.717) is 24.2 Å². The van der Waals surface area contributed by atoms with Crippen molar-refractivity contribution in [3.8, 4) is 0 Å². The highest BCUT2D eigenvalue weighted by Crippen LogP contribution is 2.32. The molecule has 2 atom stereocenters. The van der Waals surface area contributed by atoms with Crippen molar-refractivity contribution >= 4 is 11.8 Å². The Morgan fingerprint density at radius 1 is 0.952 bits per heavy atom. The first-order valence-electron chi connectivity index (χ1n) is 8.67. The van der Waals surface area contributed by atoms with Gasteiger partial charge in [-0.25, -0.2) is 0 Å². The van der Waals surface area contributed by atoms with E-state index < -0.39 is 0 Å². The molecule has 0 aromatic heterocycles. The molecular weight excluding hydrogens is 264 g/mol. The average molecular weight is 296 g/mol. The third kappa shape index (κ3) is 6.19. The normalized spacial score (nSPS) is 25.1. The summed E-state index contributed by atoms with van der Waals surface area (Å²) < 4.78 is 5.40. The summed E-state index contributed by atoms with van der Waals surface area (Å²) in [5.41, 5.74) is 0. The van der Waals surface area contributed by atoms with Gasteiger partial charge in [0.25, 0.3) is 0 Å². The summed E-state index contributed by atoms with van der Waals surface area (Å²) in [6, 6.07) is 0. The third-order valence-electron chi connectivity index (χ3n) is 5.09. The Balaban J connectivity index is 2.23. The van der Waals surface area contributed by atoms with E-state index in [2.05, 4.69) is 6.92 Å². The Morgan fingerprint density at radius 3 is 2.00 bits per heavy atom. The van der Waals surface area contributed by atoms with Crippen LogP contribution in [0.2, 0.25) is 0 Å². The van der Waals surface area contributed by atoms with Crippen LogP contribution in [0.1, 0.15) is 72.6 Å². The Morgan fingerprint density at radius 2 is 1.48 bits per heavy atom. The Labute approximate surface area is 129 Å². The fraction of sp³-hybridized carbons (Fsp3) is 0.889. The molecule has 1 aliphatic rings. The number of Topliss-reactive ketones (excluding diaryl/α,β-unsaturated/α-hetero) is 1. The van der Waals surface area contributed by atoms with E-state index in [4.69, 9.17) is 4.74 Å². The first kappa shape index (κ1) is 18.2. The maximum absolute atomic E-state index is 12.0. The van der Waals surface area contributed by atoms with Crippen LogP contribution in [0.5, 0.6) is 0 Å². The number of hydrogen-bond donors (Lipinski definition) is 0. The summed E-state index contributed by atoms with van der Waals surface area (Å²) in [6.45, 7) is 8.59. The van der Waals surface area contributed by atoms with Gasteiger partial charge in [0, 0.05) is 12.3 Å². The van der Waals surface area contributed by atoms with Crippen LogP contribution in [0.25, 0.3) is 0 Å². The van der Waals surface area contributed by atoms with E-state index in [9.17, 15) is 9.59 Å². The molecule has 0 aromatic rings. The van der Waals surface area contributed by atoms with Gasteiger partial charge in [0.15, 0.2) is 0 Å². The molecule has 1 rings (SSSR count). The monoisotopic (exact) mass is 296 g/mol. The van der Waals surface area contributed by atoms with Gasteiger partial charge in [-0.3, -0.25) is 9.59 Å². The van der Waals surface area contributed by atoms with Crippen molar-refractivity contribution in [3.05, 3.63) is 0 Å². The lowest BCUT2D eigenvalue weighted by Crippen LogP contribution is -2.24. The molecule has 21 heavy (non-hydrogen) atoms. The molecule has 1 aliphatic carbocycles. The number of esters is 1. The maximum atomic E-state index is 12.0. The molecule has 3 heteroatoms. The first-order chi connectivity index (χ1) is 9.97. The summed E-state index contributed by atoms with van der Waals surface area (Å²) >= 11 is 0. The molecule has 3 nitrogen and oxygen atoms in total. The zero-order valence-electron chi connectivity index (χ0n) is 14.2. The summed E-state index contributed by atoms with van der Waals surface area (Å²) in [4.78, 5) is 23.6. The summed E-state index contributed by atoms with van der Waals surface area (Å²) in [5, 5.41) is 0. The van der Waals surface area contributed by atoms with Crippen molar-refractivity contribution in [2.45, 2.75) is 72.6 Å². The minimum absolute atomic E-state index is 0.00879. The Hall–Kier alpha value is -0.860. The van der Waals surface area contributed by atoms with E-state index in [-0.39, 0.29) is 17.8 Å². The number of ether oxygens (including phenoxy) is 1. The lowest BCUT2D eigenvalue weighted by atomic mass is 9.79. The van der Waals surface area contributed by atoms with Crippen LogP contribution < -0.4 is 0 Å². The van der Waals surface area contributed by atoms with Crippen LogP contribution in [-0.2, 0) is 14.3 Å². The number of carbonyl (C=O) groups excluding carboxylic acids is 2. The van der Waals surface area contributed by atoms with Gasteiger partial charge in [-0.1, -0.05) is 27.7 Å². The molecule has 2 unspecified atom stereocenters. The molecule has 0 amide bonds. The molecule has 0 heterocycles. The van der Waals surface area contributed by atoms with Crippen LogP contribution in [0, 0.1) is 23.7 Å². The number of carbonyl (C=O) groups is 2. The highest BCUT2D eigenvalue weighted by atomic mass is 16.5. The van der Waals surface area contributed by atoms with Gasteiger partial charge >= 0.3 is 5.97 Å². The van der Waals surface area contributed by atoms with E-state index in [1.165, 1.54) is 0 Å². The van der Waals surface area contributed by atoms with Crippen LogP contribution in [0.4, 0.5) is 0 Å². The summed E-state index contributed by atoms with van der Waals surface area (Å²) in [6.07, 6.45) is 6.91. The van der Waals surface area contributed by atoms with Crippen LogP contribution in [0.15, 0.2) is 0 Å². The van der Waals surface area contributed by atoms with Crippen molar-refractivity contribution < 1.29 is 14.3 Å². The maximum Gasteiger partial charge on any atom is 0.308 e. The van der Waals surface area contributed by atoms with Crippen molar-refractivity contribution in [1.29, 1.82) is 0 Å². The van der Waals surface area contributed by atoms with Gasteiger partial charge in [-0.2, -0.15) is 0 Å². The van der Waals surface area contributed by atoms with Crippen molar-refractivity contribution in [2.75, 3.05) is 6.61 Å². The lowest BCUT2D eigenvalue weighted by molar-refractivity contribution is -0.149. The first-order valence-corrected chi connectivity index (χ1v) is 8.67. The molecular formula is C18H32O3. The highest BCUT2D eigenvalue weighted by molar-refractivity contribution is 5.80. The molecule has 1 saturated carbocycles. The van der Waals surface area contributed by atoms with Crippen LogP contribution in [0.3, 0.4) is 0 Å². The SMILES string of the molecule is CCC(C)C(=O)CC1CCC(COC(=O)C(C)CC)CC1. The second-order valence-corrected chi connectivity index (χ2v) is 6.81. The second kappa shape index (κ2) is 9.22. The summed E-state index contributed by atoms with van der Waals surface area (Å²) in [5.74, 6) is 1.62. The number of ketones is 1. The van der Waals surface area contributed by atoms with Gasteiger partial charge in [-0.05, 0) is 50.4 Å². The smallest absolute Gasteiger partial charge is 0.308 e. The van der Waals surface area contributed by atoms with Crippen molar-refractivity contribution in [1.82, 2.24) is 0 Å². The molecule has 1 fully saturated rings. The lowest BCUT2D eigenvalue weighted by Gasteiger charge is -2.28. The molecule has 0 radical (unpaired) electrons. The van der Waals surface area contributed by atoms with Gasteiger partial charge in [0.1, 0.15) is 5.78 Å². The number of rotatable bonds is 8. The Kier molecular flexibility index (Phi) is 7.98. The fourth-order valence-corrected chi connectivity index (χ4v) is 2.82. The van der Waals surface area contributed by atoms with Gasteiger partial charge in [0.05, 0.1) is 12.5 Å².